The third-order valence-electron chi connectivity index (χ3n) is 3.18. The van der Waals surface area contributed by atoms with Crippen molar-refractivity contribution in [3.8, 4) is 5.75 Å². The van der Waals surface area contributed by atoms with E-state index in [1.54, 1.807) is 19.1 Å². The van der Waals surface area contributed by atoms with Gasteiger partial charge in [0.25, 0.3) is 0 Å². The molecule has 1 rings (SSSR count). The Labute approximate surface area is 122 Å². The van der Waals surface area contributed by atoms with Crippen molar-refractivity contribution in [1.82, 2.24) is 0 Å². The van der Waals surface area contributed by atoms with E-state index in [0.29, 0.717) is 0 Å². The summed E-state index contributed by atoms with van der Waals surface area (Å²) in [4.78, 5) is 13.4. The van der Waals surface area contributed by atoms with E-state index in [-0.39, 0.29) is 11.7 Å². The van der Waals surface area contributed by atoms with Crippen molar-refractivity contribution in [2.45, 2.75) is 20.8 Å². The first kappa shape index (κ1) is 15.4. The van der Waals surface area contributed by atoms with Gasteiger partial charge in [-0.2, -0.15) is 12.6 Å². The van der Waals surface area contributed by atoms with Gasteiger partial charge in [-0.15, -0.1) is 0 Å². The highest BCUT2D eigenvalue weighted by Gasteiger charge is 2.22. The summed E-state index contributed by atoms with van der Waals surface area (Å²) in [6.07, 6.45) is 0. The van der Waals surface area contributed by atoms with Crippen LogP contribution in [0.1, 0.15) is 16.7 Å². The summed E-state index contributed by atoms with van der Waals surface area (Å²) in [5, 5.41) is 0. The molecule has 0 saturated carbocycles. The zero-order valence-corrected chi connectivity index (χ0v) is 13.8. The van der Waals surface area contributed by atoms with Gasteiger partial charge in [-0.25, -0.2) is 0 Å². The lowest BCUT2D eigenvalue weighted by Crippen LogP contribution is -2.28. The number of amides is 1. The lowest BCUT2D eigenvalue weighted by molar-refractivity contribution is -0.115. The van der Waals surface area contributed by atoms with Gasteiger partial charge in [0.05, 0.1) is 18.6 Å². The number of hydrogen-bond donors (Lipinski definition) is 1. The topological polar surface area (TPSA) is 29.5 Å². The predicted octanol–water partition coefficient (Wildman–Crippen LogP) is 3.28. The normalized spacial score (nSPS) is 10.4. The highest BCUT2D eigenvalue weighted by Crippen LogP contribution is 2.41. The van der Waals surface area contributed by atoms with Gasteiger partial charge >= 0.3 is 0 Å². The molecular formula is C13H18BrNO2S. The summed E-state index contributed by atoms with van der Waals surface area (Å²) >= 11 is 7.60. The first-order valence-electron chi connectivity index (χ1n) is 5.57. The third kappa shape index (κ3) is 2.52. The number of hydrogen-bond acceptors (Lipinski definition) is 3. The minimum absolute atomic E-state index is 0.0603. The van der Waals surface area contributed by atoms with Crippen LogP contribution in [0, 0.1) is 20.8 Å². The fourth-order valence-corrected chi connectivity index (χ4v) is 2.65. The van der Waals surface area contributed by atoms with E-state index in [1.807, 2.05) is 20.8 Å². The van der Waals surface area contributed by atoms with Crippen LogP contribution >= 0.6 is 28.6 Å². The molecule has 0 heterocycles. The average Bonchev–Trinajstić information content (AvgIpc) is 2.38. The summed E-state index contributed by atoms with van der Waals surface area (Å²) in [5.41, 5.74) is 3.95. The Bertz CT molecular complexity index is 489. The Morgan fingerprint density at radius 2 is 1.83 bits per heavy atom. The van der Waals surface area contributed by atoms with E-state index in [0.717, 1.165) is 32.6 Å². The molecule has 0 aromatic heterocycles. The molecule has 0 saturated heterocycles. The van der Waals surface area contributed by atoms with Crippen LogP contribution in [0.5, 0.6) is 5.75 Å². The fraction of sp³-hybridized carbons (Fsp3) is 0.462. The standard InChI is InChI=1S/C13H18BrNO2S/c1-7-8(2)13(17-5)12(9(3)11(7)14)15(4)10(16)6-18/h18H,6H2,1-5H3. The predicted molar refractivity (Wildman–Crippen MR) is 82.2 cm³/mol. The fourth-order valence-electron chi connectivity index (χ4n) is 1.95. The molecule has 0 radical (unpaired) electrons. The maximum atomic E-state index is 11.8. The molecule has 0 N–H and O–H groups in total. The Morgan fingerprint density at radius 1 is 1.28 bits per heavy atom. The number of benzene rings is 1. The molecule has 18 heavy (non-hydrogen) atoms. The molecule has 0 bridgehead atoms. The van der Waals surface area contributed by atoms with Crippen molar-refractivity contribution >= 4 is 40.2 Å². The Hall–Kier alpha value is -0.680. The molecule has 0 aliphatic carbocycles. The van der Waals surface area contributed by atoms with Gasteiger partial charge < -0.3 is 9.64 Å². The van der Waals surface area contributed by atoms with Gasteiger partial charge in [0.15, 0.2) is 0 Å². The summed E-state index contributed by atoms with van der Waals surface area (Å²) < 4.78 is 6.48. The molecule has 3 nitrogen and oxygen atoms in total. The van der Waals surface area contributed by atoms with Crippen molar-refractivity contribution in [3.63, 3.8) is 0 Å². The molecule has 1 aromatic rings. The number of carbonyl (C=O) groups excluding carboxylic acids is 1. The van der Waals surface area contributed by atoms with E-state index in [9.17, 15) is 4.79 Å². The molecule has 0 unspecified atom stereocenters. The maximum Gasteiger partial charge on any atom is 0.236 e. The molecule has 5 heteroatoms. The molecule has 0 aliphatic rings. The van der Waals surface area contributed by atoms with Crippen LogP contribution in [0.2, 0.25) is 0 Å². The van der Waals surface area contributed by atoms with Crippen LogP contribution in [-0.2, 0) is 4.79 Å². The minimum atomic E-state index is -0.0603. The second kappa shape index (κ2) is 5.97. The Kier molecular flexibility index (Phi) is 5.10. The van der Waals surface area contributed by atoms with Crippen LogP contribution in [0.4, 0.5) is 5.69 Å². The second-order valence-corrected chi connectivity index (χ2v) is 5.29. The van der Waals surface area contributed by atoms with Crippen molar-refractivity contribution in [3.05, 3.63) is 21.2 Å². The second-order valence-electron chi connectivity index (χ2n) is 4.18. The van der Waals surface area contributed by atoms with Gasteiger partial charge in [-0.3, -0.25) is 4.79 Å². The van der Waals surface area contributed by atoms with Gasteiger partial charge in [-0.05, 0) is 37.5 Å². The molecule has 0 fully saturated rings. The minimum Gasteiger partial charge on any atom is -0.494 e. The van der Waals surface area contributed by atoms with E-state index in [4.69, 9.17) is 4.74 Å². The summed E-state index contributed by atoms with van der Waals surface area (Å²) in [6.45, 7) is 5.98. The summed E-state index contributed by atoms with van der Waals surface area (Å²) in [5.74, 6) is 0.851. The molecule has 100 valence electrons. The average molecular weight is 332 g/mol. The number of rotatable bonds is 3. The number of methoxy groups -OCH3 is 1. The zero-order chi connectivity index (χ0) is 14.0. The Morgan fingerprint density at radius 3 is 2.28 bits per heavy atom. The number of anilines is 1. The summed E-state index contributed by atoms with van der Waals surface area (Å²) in [7, 11) is 3.36. The van der Waals surface area contributed by atoms with Gasteiger partial charge in [0.2, 0.25) is 5.91 Å². The Balaban J connectivity index is 3.56. The SMILES string of the molecule is COc1c(C)c(C)c(Br)c(C)c1N(C)C(=O)CS. The quantitative estimate of drug-likeness (QED) is 0.861. The number of carbonyl (C=O) groups is 1. The van der Waals surface area contributed by atoms with Crippen LogP contribution in [0.15, 0.2) is 4.47 Å². The highest BCUT2D eigenvalue weighted by atomic mass is 79.9. The van der Waals surface area contributed by atoms with E-state index < -0.39 is 0 Å². The van der Waals surface area contributed by atoms with Crippen molar-refractivity contribution in [2.75, 3.05) is 24.8 Å². The molecule has 0 atom stereocenters. The van der Waals surface area contributed by atoms with Crippen molar-refractivity contribution < 1.29 is 9.53 Å². The maximum absolute atomic E-state index is 11.8. The molecule has 1 amide bonds. The van der Waals surface area contributed by atoms with E-state index in [1.165, 1.54) is 0 Å². The molecule has 0 aliphatic heterocycles. The van der Waals surface area contributed by atoms with Gasteiger partial charge in [0, 0.05) is 11.5 Å². The van der Waals surface area contributed by atoms with Crippen molar-refractivity contribution in [2.24, 2.45) is 0 Å². The summed E-state index contributed by atoms with van der Waals surface area (Å²) in [6, 6.07) is 0. The zero-order valence-electron chi connectivity index (χ0n) is 11.3. The third-order valence-corrected chi connectivity index (χ3v) is 4.64. The largest absolute Gasteiger partial charge is 0.494 e. The number of ether oxygens (including phenoxy) is 1. The van der Waals surface area contributed by atoms with Crippen LogP contribution in [0.25, 0.3) is 0 Å². The first-order valence-corrected chi connectivity index (χ1v) is 7.00. The highest BCUT2D eigenvalue weighted by molar-refractivity contribution is 9.10. The van der Waals surface area contributed by atoms with Crippen LogP contribution in [0.3, 0.4) is 0 Å². The number of nitrogens with zero attached hydrogens (tertiary/aromatic N) is 1. The van der Waals surface area contributed by atoms with Crippen molar-refractivity contribution in [1.29, 1.82) is 0 Å². The number of halogens is 1. The molecule has 1 aromatic carbocycles. The number of thiol groups is 1. The lowest BCUT2D eigenvalue weighted by Gasteiger charge is -2.25. The van der Waals surface area contributed by atoms with Gasteiger partial charge in [-0.1, -0.05) is 15.9 Å². The smallest absolute Gasteiger partial charge is 0.236 e. The monoisotopic (exact) mass is 331 g/mol. The molecule has 0 spiro atoms. The molecular weight excluding hydrogens is 314 g/mol. The lowest BCUT2D eigenvalue weighted by atomic mass is 10.0. The van der Waals surface area contributed by atoms with Crippen LogP contribution < -0.4 is 9.64 Å². The van der Waals surface area contributed by atoms with E-state index in [2.05, 4.69) is 28.6 Å². The van der Waals surface area contributed by atoms with E-state index >= 15 is 0 Å². The first-order chi connectivity index (χ1) is 8.36. The van der Waals surface area contributed by atoms with Crippen LogP contribution in [-0.4, -0.2) is 25.8 Å². The van der Waals surface area contributed by atoms with Gasteiger partial charge in [0.1, 0.15) is 5.75 Å².